The molecule has 0 spiro atoms. The molecule has 0 aliphatic carbocycles. The minimum Gasteiger partial charge on any atom is -0.462 e. The normalized spacial score (nSPS) is 12.6. The molecule has 0 aliphatic heterocycles. The van der Waals surface area contributed by atoms with Gasteiger partial charge in [-0.15, -0.1) is 0 Å². The fraction of sp³-hybridized carbons (Fsp3) is 0.727. The molecular weight excluding hydrogens is 757 g/mol. The smallest absolute Gasteiger partial charge is 0.306 e. The Hall–Kier alpha value is -3.15. The standard InChI is InChI=1S/C55H94O6/c1-4-7-10-13-16-19-22-24-26-27-29-31-34-36-39-42-45-48-54(57)60-51-52(61-55(58)49-46-43-40-37-32-21-18-15-12-9-6-3)50-59-53(56)47-44-41-38-35-33-30-28-25-23-20-17-14-11-8-5-2/h15-16,18-20,23-24,26,29,31,36,39,52H,4-14,17,21-22,25,27-28,30,32-35,37-38,40-51H2,1-3H3/b18-15-,19-16-,23-20-,26-24-,31-29-,39-36-/t52-/m0/s1. The molecule has 0 aromatic carbocycles. The van der Waals surface area contributed by atoms with Crippen molar-refractivity contribution in [3.05, 3.63) is 72.9 Å². The summed E-state index contributed by atoms with van der Waals surface area (Å²) in [5.41, 5.74) is 0. The lowest BCUT2D eigenvalue weighted by Crippen LogP contribution is -2.30. The van der Waals surface area contributed by atoms with E-state index in [1.165, 1.54) is 116 Å². The van der Waals surface area contributed by atoms with Gasteiger partial charge in [-0.05, 0) is 103 Å². The van der Waals surface area contributed by atoms with Crippen LogP contribution in [0.3, 0.4) is 0 Å². The van der Waals surface area contributed by atoms with Crippen molar-refractivity contribution in [2.45, 2.75) is 245 Å². The second-order valence-electron chi connectivity index (χ2n) is 16.7. The summed E-state index contributed by atoms with van der Waals surface area (Å²) in [6, 6.07) is 0. The van der Waals surface area contributed by atoms with Gasteiger partial charge in [-0.1, -0.05) is 190 Å². The zero-order valence-corrected chi connectivity index (χ0v) is 39.9. The molecule has 0 aliphatic rings. The third-order valence-electron chi connectivity index (χ3n) is 10.7. The quantitative estimate of drug-likeness (QED) is 0.0263. The molecule has 0 rings (SSSR count). The number of hydrogen-bond donors (Lipinski definition) is 0. The van der Waals surface area contributed by atoms with Crippen molar-refractivity contribution < 1.29 is 28.6 Å². The number of carbonyl (C=O) groups excluding carboxylic acids is 3. The van der Waals surface area contributed by atoms with E-state index in [0.29, 0.717) is 19.3 Å². The van der Waals surface area contributed by atoms with E-state index in [2.05, 4.69) is 93.7 Å². The van der Waals surface area contributed by atoms with E-state index in [4.69, 9.17) is 14.2 Å². The van der Waals surface area contributed by atoms with Crippen LogP contribution >= 0.6 is 0 Å². The third-order valence-corrected chi connectivity index (χ3v) is 10.7. The molecule has 0 fully saturated rings. The summed E-state index contributed by atoms with van der Waals surface area (Å²) in [6.07, 6.45) is 61.7. The third kappa shape index (κ3) is 47.7. The van der Waals surface area contributed by atoms with Crippen LogP contribution < -0.4 is 0 Å². The molecule has 0 unspecified atom stereocenters. The van der Waals surface area contributed by atoms with Crippen molar-refractivity contribution in [2.24, 2.45) is 0 Å². The Kier molecular flexibility index (Phi) is 46.9. The Bertz CT molecular complexity index is 1160. The highest BCUT2D eigenvalue weighted by atomic mass is 16.6. The van der Waals surface area contributed by atoms with E-state index in [1.807, 2.05) is 0 Å². The van der Waals surface area contributed by atoms with E-state index >= 15 is 0 Å². The van der Waals surface area contributed by atoms with Crippen LogP contribution in [0.4, 0.5) is 0 Å². The minimum atomic E-state index is -0.802. The Morgan fingerprint density at radius 2 is 0.623 bits per heavy atom. The zero-order chi connectivity index (χ0) is 44.4. The fourth-order valence-corrected chi connectivity index (χ4v) is 6.76. The number of unbranched alkanes of at least 4 members (excludes halogenated alkanes) is 22. The molecule has 0 aromatic heterocycles. The van der Waals surface area contributed by atoms with Gasteiger partial charge in [0.1, 0.15) is 13.2 Å². The van der Waals surface area contributed by atoms with Crippen molar-refractivity contribution in [3.63, 3.8) is 0 Å². The lowest BCUT2D eigenvalue weighted by molar-refractivity contribution is -0.167. The average molecular weight is 851 g/mol. The molecule has 0 aromatic rings. The summed E-state index contributed by atoms with van der Waals surface area (Å²) in [6.45, 7) is 6.49. The Labute approximate surface area is 376 Å². The average Bonchev–Trinajstić information content (AvgIpc) is 3.26. The number of allylic oxidation sites excluding steroid dienone is 12. The predicted octanol–water partition coefficient (Wildman–Crippen LogP) is 16.6. The first-order chi connectivity index (χ1) is 30.0. The molecule has 0 bridgehead atoms. The highest BCUT2D eigenvalue weighted by Gasteiger charge is 2.19. The molecule has 6 nitrogen and oxygen atoms in total. The Morgan fingerprint density at radius 3 is 1.08 bits per heavy atom. The molecule has 0 saturated heterocycles. The van der Waals surface area contributed by atoms with Gasteiger partial charge in [0.25, 0.3) is 0 Å². The number of hydrogen-bond acceptors (Lipinski definition) is 6. The van der Waals surface area contributed by atoms with Crippen molar-refractivity contribution >= 4 is 17.9 Å². The fourth-order valence-electron chi connectivity index (χ4n) is 6.76. The van der Waals surface area contributed by atoms with Gasteiger partial charge in [0.15, 0.2) is 6.10 Å². The molecule has 0 N–H and O–H groups in total. The van der Waals surface area contributed by atoms with Crippen LogP contribution in [-0.2, 0) is 28.6 Å². The second kappa shape index (κ2) is 49.5. The van der Waals surface area contributed by atoms with Crippen LogP contribution in [0.2, 0.25) is 0 Å². The van der Waals surface area contributed by atoms with E-state index in [9.17, 15) is 14.4 Å². The van der Waals surface area contributed by atoms with Crippen molar-refractivity contribution in [2.75, 3.05) is 13.2 Å². The summed E-state index contributed by atoms with van der Waals surface area (Å²) < 4.78 is 16.7. The van der Waals surface area contributed by atoms with Crippen LogP contribution in [0.1, 0.15) is 239 Å². The molecule has 1 atom stereocenters. The number of ether oxygens (including phenoxy) is 3. The Balaban J connectivity index is 4.45. The van der Waals surface area contributed by atoms with Crippen LogP contribution in [0.15, 0.2) is 72.9 Å². The lowest BCUT2D eigenvalue weighted by Gasteiger charge is -2.18. The van der Waals surface area contributed by atoms with Gasteiger partial charge < -0.3 is 14.2 Å². The number of rotatable bonds is 45. The topological polar surface area (TPSA) is 78.9 Å². The molecular formula is C55H94O6. The second-order valence-corrected chi connectivity index (χ2v) is 16.7. The van der Waals surface area contributed by atoms with E-state index in [1.54, 1.807) is 0 Å². The molecule has 6 heteroatoms. The van der Waals surface area contributed by atoms with Crippen molar-refractivity contribution in [3.8, 4) is 0 Å². The Morgan fingerprint density at radius 1 is 0.328 bits per heavy atom. The van der Waals surface area contributed by atoms with Gasteiger partial charge >= 0.3 is 17.9 Å². The van der Waals surface area contributed by atoms with E-state index in [-0.39, 0.29) is 37.5 Å². The predicted molar refractivity (Wildman–Crippen MR) is 261 cm³/mol. The van der Waals surface area contributed by atoms with Crippen LogP contribution in [0, 0.1) is 0 Å². The van der Waals surface area contributed by atoms with Gasteiger partial charge in [-0.3, -0.25) is 14.4 Å². The molecule has 350 valence electrons. The highest BCUT2D eigenvalue weighted by molar-refractivity contribution is 5.71. The summed E-state index contributed by atoms with van der Waals surface area (Å²) in [4.78, 5) is 37.9. The van der Waals surface area contributed by atoms with Gasteiger partial charge in [0.05, 0.1) is 0 Å². The van der Waals surface area contributed by atoms with Gasteiger partial charge in [-0.25, -0.2) is 0 Å². The molecule has 0 saturated carbocycles. The van der Waals surface area contributed by atoms with Gasteiger partial charge in [0, 0.05) is 19.3 Å². The summed E-state index contributed by atoms with van der Waals surface area (Å²) >= 11 is 0. The van der Waals surface area contributed by atoms with Crippen LogP contribution in [0.25, 0.3) is 0 Å². The molecule has 0 heterocycles. The first kappa shape index (κ1) is 57.9. The van der Waals surface area contributed by atoms with E-state index < -0.39 is 6.10 Å². The van der Waals surface area contributed by atoms with E-state index in [0.717, 1.165) is 77.0 Å². The maximum atomic E-state index is 12.7. The monoisotopic (exact) mass is 851 g/mol. The lowest BCUT2D eigenvalue weighted by atomic mass is 10.1. The maximum Gasteiger partial charge on any atom is 0.306 e. The minimum absolute atomic E-state index is 0.0982. The summed E-state index contributed by atoms with van der Waals surface area (Å²) in [5.74, 6) is -0.972. The maximum absolute atomic E-state index is 12.7. The van der Waals surface area contributed by atoms with Crippen LogP contribution in [0.5, 0.6) is 0 Å². The van der Waals surface area contributed by atoms with Crippen molar-refractivity contribution in [1.29, 1.82) is 0 Å². The van der Waals surface area contributed by atoms with Gasteiger partial charge in [0.2, 0.25) is 0 Å². The highest BCUT2D eigenvalue weighted by Crippen LogP contribution is 2.13. The molecule has 0 amide bonds. The SMILES string of the molecule is CCCC/C=C\CCCCCCCC(=O)O[C@H](COC(=O)CCC/C=C\C/C=C\C/C=C\C/C=C\CCCCC)COC(=O)CCCCCCCCC/C=C\CCCCCC. The first-order valence-corrected chi connectivity index (χ1v) is 25.4. The zero-order valence-electron chi connectivity index (χ0n) is 39.9. The number of carbonyl (C=O) groups is 3. The van der Waals surface area contributed by atoms with Crippen LogP contribution in [-0.4, -0.2) is 37.2 Å². The first-order valence-electron chi connectivity index (χ1n) is 25.4. The molecule has 0 radical (unpaired) electrons. The number of esters is 3. The largest absolute Gasteiger partial charge is 0.462 e. The molecule has 61 heavy (non-hydrogen) atoms. The van der Waals surface area contributed by atoms with Gasteiger partial charge in [-0.2, -0.15) is 0 Å². The summed E-state index contributed by atoms with van der Waals surface area (Å²) in [7, 11) is 0. The summed E-state index contributed by atoms with van der Waals surface area (Å²) in [5, 5.41) is 0. The van der Waals surface area contributed by atoms with Crippen molar-refractivity contribution in [1.82, 2.24) is 0 Å².